The van der Waals surface area contributed by atoms with Crippen molar-refractivity contribution in [2.75, 3.05) is 23.4 Å². The normalized spacial score (nSPS) is 15.2. The minimum atomic E-state index is -0.276. The molecule has 0 bridgehead atoms. The first-order valence-electron chi connectivity index (χ1n) is 10.6. The monoisotopic (exact) mass is 394 g/mol. The number of ether oxygens (including phenoxy) is 1. The van der Waals surface area contributed by atoms with Gasteiger partial charge >= 0.3 is 5.97 Å². The number of nitrogens with zero attached hydrogens (tertiary/aromatic N) is 1. The van der Waals surface area contributed by atoms with Crippen LogP contribution in [0.1, 0.15) is 68.1 Å². The van der Waals surface area contributed by atoms with Crippen molar-refractivity contribution >= 4 is 17.3 Å². The quantitative estimate of drug-likeness (QED) is 0.640. The highest BCUT2D eigenvalue weighted by Crippen LogP contribution is 2.41. The van der Waals surface area contributed by atoms with E-state index in [2.05, 4.69) is 57.0 Å². The molecule has 0 fully saturated rings. The molecule has 0 saturated heterocycles. The van der Waals surface area contributed by atoms with Gasteiger partial charge in [0.15, 0.2) is 0 Å². The molecule has 1 heterocycles. The largest absolute Gasteiger partial charge is 0.462 e. The van der Waals surface area contributed by atoms with Gasteiger partial charge in [-0.2, -0.15) is 0 Å². The molecular weight excluding hydrogens is 360 g/mol. The van der Waals surface area contributed by atoms with Crippen LogP contribution in [0, 0.1) is 6.92 Å². The van der Waals surface area contributed by atoms with Gasteiger partial charge in [-0.25, -0.2) is 4.79 Å². The van der Waals surface area contributed by atoms with E-state index in [1.165, 1.54) is 28.8 Å². The molecule has 0 unspecified atom stereocenters. The SMILES string of the molecule is CCOC(=O)c1ccc(NCc2cc3c(cc2C)N(C(C)C)CCC3(C)C)cc1. The summed E-state index contributed by atoms with van der Waals surface area (Å²) >= 11 is 0. The summed E-state index contributed by atoms with van der Waals surface area (Å²) in [5.41, 5.74) is 7.22. The van der Waals surface area contributed by atoms with Gasteiger partial charge in [0.25, 0.3) is 0 Å². The minimum absolute atomic E-state index is 0.185. The maximum atomic E-state index is 11.8. The smallest absolute Gasteiger partial charge is 0.338 e. The second kappa shape index (κ2) is 8.48. The number of fused-ring (bicyclic) bond motifs is 1. The van der Waals surface area contributed by atoms with Crippen molar-refractivity contribution in [3.8, 4) is 0 Å². The summed E-state index contributed by atoms with van der Waals surface area (Å²) in [5, 5.41) is 3.50. The molecule has 0 saturated carbocycles. The topological polar surface area (TPSA) is 41.6 Å². The molecule has 2 aromatic rings. The molecule has 2 aromatic carbocycles. The van der Waals surface area contributed by atoms with Gasteiger partial charge in [0.1, 0.15) is 0 Å². The van der Waals surface area contributed by atoms with Crippen LogP contribution in [-0.4, -0.2) is 25.2 Å². The molecule has 3 rings (SSSR count). The molecule has 4 nitrogen and oxygen atoms in total. The van der Waals surface area contributed by atoms with E-state index in [0.29, 0.717) is 18.2 Å². The van der Waals surface area contributed by atoms with Crippen molar-refractivity contribution in [1.29, 1.82) is 0 Å². The highest BCUT2D eigenvalue weighted by Gasteiger charge is 2.32. The Kier molecular flexibility index (Phi) is 6.21. The zero-order valence-electron chi connectivity index (χ0n) is 18.6. The Bertz CT molecular complexity index is 869. The van der Waals surface area contributed by atoms with E-state index in [0.717, 1.165) is 18.8 Å². The first-order chi connectivity index (χ1) is 13.7. The van der Waals surface area contributed by atoms with Crippen molar-refractivity contribution in [2.24, 2.45) is 0 Å². The average molecular weight is 395 g/mol. The van der Waals surface area contributed by atoms with E-state index in [1.54, 1.807) is 0 Å². The third-order valence-corrected chi connectivity index (χ3v) is 5.97. The molecule has 1 N–H and O–H groups in total. The molecule has 0 radical (unpaired) electrons. The molecule has 0 aliphatic carbocycles. The summed E-state index contributed by atoms with van der Waals surface area (Å²) < 4.78 is 5.05. The standard InChI is InChI=1S/C25H34N2O2/c1-7-29-24(28)19-8-10-21(11-9-19)26-16-20-15-22-23(14-18(20)4)27(17(2)3)13-12-25(22,5)6/h8-11,14-15,17,26H,7,12-13,16H2,1-6H3. The lowest BCUT2D eigenvalue weighted by Gasteiger charge is -2.43. The van der Waals surface area contributed by atoms with Crippen LogP contribution in [0.2, 0.25) is 0 Å². The summed E-state index contributed by atoms with van der Waals surface area (Å²) in [6, 6.07) is 12.7. The Balaban J connectivity index is 1.79. The number of benzene rings is 2. The van der Waals surface area contributed by atoms with Crippen molar-refractivity contribution in [1.82, 2.24) is 0 Å². The summed E-state index contributed by atoms with van der Waals surface area (Å²) in [5.74, 6) is -0.276. The second-order valence-electron chi connectivity index (χ2n) is 8.87. The number of carbonyl (C=O) groups excluding carboxylic acids is 1. The lowest BCUT2D eigenvalue weighted by Crippen LogP contribution is -2.41. The molecular formula is C25H34N2O2. The van der Waals surface area contributed by atoms with Gasteiger partial charge in [0, 0.05) is 30.5 Å². The van der Waals surface area contributed by atoms with Crippen LogP contribution in [0.3, 0.4) is 0 Å². The van der Waals surface area contributed by atoms with Crippen LogP contribution < -0.4 is 10.2 Å². The van der Waals surface area contributed by atoms with E-state index in [4.69, 9.17) is 4.74 Å². The van der Waals surface area contributed by atoms with Crippen molar-refractivity contribution in [3.05, 3.63) is 58.7 Å². The number of nitrogens with one attached hydrogen (secondary N) is 1. The van der Waals surface area contributed by atoms with E-state index in [1.807, 2.05) is 31.2 Å². The number of rotatable bonds is 6. The van der Waals surface area contributed by atoms with Crippen molar-refractivity contribution < 1.29 is 9.53 Å². The molecule has 1 aliphatic rings. The van der Waals surface area contributed by atoms with Crippen LogP contribution in [0.15, 0.2) is 36.4 Å². The Morgan fingerprint density at radius 3 is 2.52 bits per heavy atom. The molecule has 0 spiro atoms. The average Bonchev–Trinajstić information content (AvgIpc) is 2.67. The Hall–Kier alpha value is -2.49. The third kappa shape index (κ3) is 4.58. The highest BCUT2D eigenvalue weighted by molar-refractivity contribution is 5.89. The van der Waals surface area contributed by atoms with Gasteiger partial charge < -0.3 is 15.0 Å². The number of hydrogen-bond acceptors (Lipinski definition) is 4. The predicted molar refractivity (Wildman–Crippen MR) is 121 cm³/mol. The zero-order valence-corrected chi connectivity index (χ0v) is 18.6. The lowest BCUT2D eigenvalue weighted by molar-refractivity contribution is 0.0526. The number of carbonyl (C=O) groups is 1. The van der Waals surface area contributed by atoms with Gasteiger partial charge in [-0.05, 0) is 86.6 Å². The molecule has 156 valence electrons. The Morgan fingerprint density at radius 2 is 1.90 bits per heavy atom. The van der Waals surface area contributed by atoms with Crippen molar-refractivity contribution in [3.63, 3.8) is 0 Å². The van der Waals surface area contributed by atoms with Gasteiger partial charge in [0.05, 0.1) is 12.2 Å². The van der Waals surface area contributed by atoms with Crippen LogP contribution >= 0.6 is 0 Å². The lowest BCUT2D eigenvalue weighted by atomic mass is 9.76. The fourth-order valence-corrected chi connectivity index (χ4v) is 4.04. The summed E-state index contributed by atoms with van der Waals surface area (Å²) in [6.45, 7) is 15.5. The van der Waals surface area contributed by atoms with Gasteiger partial charge in [0.2, 0.25) is 0 Å². The van der Waals surface area contributed by atoms with Crippen LogP contribution in [0.25, 0.3) is 0 Å². The fourth-order valence-electron chi connectivity index (χ4n) is 4.04. The van der Waals surface area contributed by atoms with E-state index in [9.17, 15) is 4.79 Å². The number of aryl methyl sites for hydroxylation is 1. The van der Waals surface area contributed by atoms with E-state index < -0.39 is 0 Å². The first kappa shape index (κ1) is 21.2. The number of hydrogen-bond donors (Lipinski definition) is 1. The maximum Gasteiger partial charge on any atom is 0.338 e. The first-order valence-corrected chi connectivity index (χ1v) is 10.6. The Morgan fingerprint density at radius 1 is 1.21 bits per heavy atom. The molecule has 0 aromatic heterocycles. The van der Waals surface area contributed by atoms with E-state index >= 15 is 0 Å². The van der Waals surface area contributed by atoms with Gasteiger partial charge in [-0.15, -0.1) is 0 Å². The summed E-state index contributed by atoms with van der Waals surface area (Å²) in [4.78, 5) is 14.3. The maximum absolute atomic E-state index is 11.8. The third-order valence-electron chi connectivity index (χ3n) is 5.97. The van der Waals surface area contributed by atoms with Crippen LogP contribution in [0.4, 0.5) is 11.4 Å². The van der Waals surface area contributed by atoms with Crippen molar-refractivity contribution in [2.45, 2.75) is 66.0 Å². The fraction of sp³-hybridized carbons (Fsp3) is 0.480. The minimum Gasteiger partial charge on any atom is -0.462 e. The molecule has 0 amide bonds. The molecule has 29 heavy (non-hydrogen) atoms. The zero-order chi connectivity index (χ0) is 21.2. The molecule has 4 heteroatoms. The number of esters is 1. The second-order valence-corrected chi connectivity index (χ2v) is 8.87. The Labute approximate surface area is 175 Å². The molecule has 0 atom stereocenters. The molecule has 1 aliphatic heterocycles. The summed E-state index contributed by atoms with van der Waals surface area (Å²) in [6.07, 6.45) is 1.17. The van der Waals surface area contributed by atoms with E-state index in [-0.39, 0.29) is 11.4 Å². The predicted octanol–water partition coefficient (Wildman–Crippen LogP) is 5.68. The number of anilines is 2. The van der Waals surface area contributed by atoms with Crippen LogP contribution in [-0.2, 0) is 16.7 Å². The van der Waals surface area contributed by atoms with Gasteiger partial charge in [-0.3, -0.25) is 0 Å². The van der Waals surface area contributed by atoms with Gasteiger partial charge in [-0.1, -0.05) is 19.9 Å². The summed E-state index contributed by atoms with van der Waals surface area (Å²) in [7, 11) is 0. The van der Waals surface area contributed by atoms with Crippen LogP contribution in [0.5, 0.6) is 0 Å². The highest BCUT2D eigenvalue weighted by atomic mass is 16.5.